The van der Waals surface area contributed by atoms with E-state index >= 15 is 0 Å². The van der Waals surface area contributed by atoms with Gasteiger partial charge in [-0.25, -0.2) is 0 Å². The average molecular weight is 264 g/mol. The lowest BCUT2D eigenvalue weighted by Crippen LogP contribution is -2.20. The summed E-state index contributed by atoms with van der Waals surface area (Å²) in [7, 11) is -3.63. The monoisotopic (exact) mass is 264 g/mol. The fraction of sp³-hybridized carbons (Fsp3) is 0.0833. The molecule has 1 aromatic carbocycles. The highest BCUT2D eigenvalue weighted by Gasteiger charge is 2.12. The molecule has 0 heterocycles. The molecule has 0 atom stereocenters. The van der Waals surface area contributed by atoms with Crippen LogP contribution in [0, 0.1) is 0 Å². The van der Waals surface area contributed by atoms with E-state index in [2.05, 4.69) is 9.93 Å². The fourth-order valence-electron chi connectivity index (χ4n) is 1.38. The number of rotatable bonds is 3. The molecule has 0 aliphatic heterocycles. The number of hydrogen-bond acceptors (Lipinski definition) is 4. The summed E-state index contributed by atoms with van der Waals surface area (Å²) in [4.78, 5) is 2.32. The van der Waals surface area contributed by atoms with Gasteiger partial charge in [0.15, 0.2) is 0 Å². The number of allylic oxidation sites excluding steroid dienone is 3. The molecule has 94 valence electrons. The molecule has 0 spiro atoms. The van der Waals surface area contributed by atoms with Gasteiger partial charge in [-0.1, -0.05) is 18.2 Å². The second kappa shape index (κ2) is 5.05. The Bertz CT molecular complexity index is 616. The Labute approximate surface area is 105 Å². The van der Waals surface area contributed by atoms with Crippen molar-refractivity contribution in [2.75, 3.05) is 0 Å². The Morgan fingerprint density at radius 1 is 1.17 bits per heavy atom. The Morgan fingerprint density at radius 2 is 1.89 bits per heavy atom. The van der Waals surface area contributed by atoms with Crippen molar-refractivity contribution in [3.63, 3.8) is 0 Å². The molecule has 5 nitrogen and oxygen atoms in total. The lowest BCUT2D eigenvalue weighted by Gasteiger charge is -2.06. The van der Waals surface area contributed by atoms with Crippen LogP contribution in [0.2, 0.25) is 0 Å². The molecule has 1 aromatic rings. The third kappa shape index (κ3) is 2.98. The van der Waals surface area contributed by atoms with Crippen LogP contribution >= 0.6 is 0 Å². The summed E-state index contributed by atoms with van der Waals surface area (Å²) in [5, 5.41) is 12.9. The van der Waals surface area contributed by atoms with Crippen LogP contribution in [-0.4, -0.2) is 19.2 Å². The van der Waals surface area contributed by atoms with Gasteiger partial charge in [0.1, 0.15) is 5.76 Å². The van der Waals surface area contributed by atoms with E-state index in [1.165, 1.54) is 18.2 Å². The molecule has 0 aromatic heterocycles. The zero-order valence-corrected chi connectivity index (χ0v) is 10.3. The lowest BCUT2D eigenvalue weighted by molar-refractivity contribution is 0.430. The Balaban J connectivity index is 2.12. The van der Waals surface area contributed by atoms with Crippen molar-refractivity contribution in [3.05, 3.63) is 54.3 Å². The summed E-state index contributed by atoms with van der Waals surface area (Å²) < 4.78 is 23.7. The number of aliphatic hydroxyl groups excluding tert-OH is 1. The van der Waals surface area contributed by atoms with Crippen LogP contribution < -0.4 is 4.83 Å². The van der Waals surface area contributed by atoms with Crippen molar-refractivity contribution < 1.29 is 13.5 Å². The molecule has 1 aliphatic rings. The maximum atomic E-state index is 11.8. The summed E-state index contributed by atoms with van der Waals surface area (Å²) in [5.74, 6) is 0.153. The van der Waals surface area contributed by atoms with Crippen LogP contribution in [0.15, 0.2) is 64.3 Å². The molecule has 0 bridgehead atoms. The van der Waals surface area contributed by atoms with Gasteiger partial charge in [0.2, 0.25) is 0 Å². The van der Waals surface area contributed by atoms with E-state index in [1.807, 2.05) is 0 Å². The predicted molar refractivity (Wildman–Crippen MR) is 68.7 cm³/mol. The SMILES string of the molecule is O=S(=O)(NN=C1C=CC(O)=CC1)c1ccccc1. The van der Waals surface area contributed by atoms with Crippen LogP contribution in [-0.2, 0) is 10.0 Å². The first-order valence-electron chi connectivity index (χ1n) is 5.28. The van der Waals surface area contributed by atoms with Gasteiger partial charge in [-0.15, -0.1) is 0 Å². The topological polar surface area (TPSA) is 78.8 Å². The number of aliphatic hydroxyl groups is 1. The predicted octanol–water partition coefficient (Wildman–Crippen LogP) is 1.72. The van der Waals surface area contributed by atoms with E-state index in [0.29, 0.717) is 12.1 Å². The number of hydrogen-bond donors (Lipinski definition) is 2. The third-order valence-corrected chi connectivity index (χ3v) is 3.55. The summed E-state index contributed by atoms with van der Waals surface area (Å²) in [6.45, 7) is 0. The highest BCUT2D eigenvalue weighted by Crippen LogP contribution is 2.08. The number of benzene rings is 1. The largest absolute Gasteiger partial charge is 0.508 e. The maximum Gasteiger partial charge on any atom is 0.276 e. The van der Waals surface area contributed by atoms with E-state index in [-0.39, 0.29) is 10.7 Å². The minimum atomic E-state index is -3.63. The summed E-state index contributed by atoms with van der Waals surface area (Å²) in [5.41, 5.74) is 0.535. The first-order valence-corrected chi connectivity index (χ1v) is 6.77. The van der Waals surface area contributed by atoms with Gasteiger partial charge in [-0.05, 0) is 30.4 Å². The zero-order chi connectivity index (χ0) is 13.0. The van der Waals surface area contributed by atoms with Crippen molar-refractivity contribution in [3.8, 4) is 0 Å². The summed E-state index contributed by atoms with van der Waals surface area (Å²) >= 11 is 0. The van der Waals surface area contributed by atoms with E-state index in [9.17, 15) is 8.42 Å². The molecule has 0 amide bonds. The highest BCUT2D eigenvalue weighted by molar-refractivity contribution is 7.89. The van der Waals surface area contributed by atoms with Crippen LogP contribution in [0.1, 0.15) is 6.42 Å². The number of nitrogens with zero attached hydrogens (tertiary/aromatic N) is 1. The minimum absolute atomic E-state index is 0.153. The van der Waals surface area contributed by atoms with E-state index in [0.717, 1.165) is 0 Å². The lowest BCUT2D eigenvalue weighted by atomic mass is 10.1. The number of nitrogens with one attached hydrogen (secondary N) is 1. The van der Waals surface area contributed by atoms with Crippen LogP contribution in [0.5, 0.6) is 0 Å². The van der Waals surface area contributed by atoms with Crippen LogP contribution in [0.4, 0.5) is 0 Å². The fourth-order valence-corrected chi connectivity index (χ4v) is 2.24. The Hall–Kier alpha value is -2.08. The van der Waals surface area contributed by atoms with E-state index in [1.54, 1.807) is 30.4 Å². The third-order valence-electron chi connectivity index (χ3n) is 2.33. The molecule has 1 aliphatic carbocycles. The molecule has 2 rings (SSSR count). The van der Waals surface area contributed by atoms with E-state index in [4.69, 9.17) is 5.11 Å². The molecule has 18 heavy (non-hydrogen) atoms. The quantitative estimate of drug-likeness (QED) is 0.816. The Morgan fingerprint density at radius 3 is 2.50 bits per heavy atom. The first-order chi connectivity index (χ1) is 8.58. The van der Waals surface area contributed by atoms with Crippen LogP contribution in [0.25, 0.3) is 0 Å². The van der Waals surface area contributed by atoms with Gasteiger partial charge in [0, 0.05) is 6.42 Å². The number of hydrazone groups is 1. The molecular weight excluding hydrogens is 252 g/mol. The maximum absolute atomic E-state index is 11.8. The molecule has 6 heteroatoms. The van der Waals surface area contributed by atoms with Crippen molar-refractivity contribution in [1.29, 1.82) is 0 Å². The van der Waals surface area contributed by atoms with Crippen molar-refractivity contribution in [1.82, 2.24) is 4.83 Å². The van der Waals surface area contributed by atoms with Crippen LogP contribution in [0.3, 0.4) is 0 Å². The number of sulfonamides is 1. The summed E-state index contributed by atoms with van der Waals surface area (Å²) in [6, 6.07) is 8.00. The smallest absolute Gasteiger partial charge is 0.276 e. The average Bonchev–Trinajstić information content (AvgIpc) is 2.39. The second-order valence-electron chi connectivity index (χ2n) is 3.68. The molecule has 0 radical (unpaired) electrons. The minimum Gasteiger partial charge on any atom is -0.508 e. The normalized spacial score (nSPS) is 17.6. The second-order valence-corrected chi connectivity index (χ2v) is 5.34. The van der Waals surface area contributed by atoms with Crippen molar-refractivity contribution in [2.45, 2.75) is 11.3 Å². The molecule has 0 saturated heterocycles. The molecular formula is C12H12N2O3S. The highest BCUT2D eigenvalue weighted by atomic mass is 32.2. The molecule has 0 fully saturated rings. The molecule has 2 N–H and O–H groups in total. The first kappa shape index (κ1) is 12.4. The van der Waals surface area contributed by atoms with Gasteiger partial charge in [0.05, 0.1) is 10.6 Å². The van der Waals surface area contributed by atoms with Crippen molar-refractivity contribution >= 4 is 15.7 Å². The molecule has 0 saturated carbocycles. The van der Waals surface area contributed by atoms with Crippen molar-refractivity contribution in [2.24, 2.45) is 5.10 Å². The van der Waals surface area contributed by atoms with Gasteiger partial charge in [0.25, 0.3) is 10.0 Å². The zero-order valence-electron chi connectivity index (χ0n) is 9.45. The van der Waals surface area contributed by atoms with Gasteiger partial charge < -0.3 is 5.11 Å². The Kier molecular flexibility index (Phi) is 3.47. The van der Waals surface area contributed by atoms with Gasteiger partial charge in [-0.2, -0.15) is 18.4 Å². The molecule has 0 unspecified atom stereocenters. The van der Waals surface area contributed by atoms with Gasteiger partial charge in [-0.3, -0.25) is 0 Å². The summed E-state index contributed by atoms with van der Waals surface area (Å²) in [6.07, 6.45) is 4.96. The standard InChI is InChI=1S/C12H12N2O3S/c15-11-8-6-10(7-9-11)13-14-18(16,17)12-4-2-1-3-5-12/h1-6,8-9,14-15H,7H2. The van der Waals surface area contributed by atoms with Gasteiger partial charge >= 0.3 is 0 Å². The van der Waals surface area contributed by atoms with E-state index < -0.39 is 10.0 Å².